The van der Waals surface area contributed by atoms with Gasteiger partial charge in [0.25, 0.3) is 0 Å². The van der Waals surface area contributed by atoms with E-state index in [2.05, 4.69) is 15.2 Å². The fraction of sp³-hybridized carbons (Fsp3) is 0.318. The van der Waals surface area contributed by atoms with E-state index >= 15 is 0 Å². The zero-order valence-electron chi connectivity index (χ0n) is 16.2. The molecule has 2 aromatic carbocycles. The molecule has 3 N–H and O–H groups in total. The molecule has 0 bridgehead atoms. The standard InChI is InChI=1S/C22H23FN4O2/c1-13-11-15(5-6-19(13)27-9-7-14(8-10-27)21(24)28)25-12-16-20-17(23)3-2-4-18(20)26-22(16)29/h2-6,11-12,14,16H,7-10H2,1H3,(H2,24,28)(H,26,29). The molecule has 7 heteroatoms. The first-order valence-corrected chi connectivity index (χ1v) is 9.72. The van der Waals surface area contributed by atoms with Gasteiger partial charge in [0, 0.05) is 42.2 Å². The summed E-state index contributed by atoms with van der Waals surface area (Å²) >= 11 is 0. The SMILES string of the molecule is Cc1cc(N=CC2C(=O)Nc3cccc(F)c32)ccc1N1CCC(C(N)=O)CC1. The summed E-state index contributed by atoms with van der Waals surface area (Å²) in [6.07, 6.45) is 3.02. The number of nitrogens with two attached hydrogens (primary N) is 1. The fourth-order valence-electron chi connectivity index (χ4n) is 4.09. The Morgan fingerprint density at radius 3 is 2.72 bits per heavy atom. The zero-order valence-corrected chi connectivity index (χ0v) is 16.2. The maximum absolute atomic E-state index is 14.2. The number of fused-ring (bicyclic) bond motifs is 1. The summed E-state index contributed by atoms with van der Waals surface area (Å²) in [4.78, 5) is 30.2. The lowest BCUT2D eigenvalue weighted by Gasteiger charge is -2.33. The van der Waals surface area contributed by atoms with E-state index in [-0.39, 0.29) is 17.7 Å². The molecule has 150 valence electrons. The van der Waals surface area contributed by atoms with E-state index in [1.807, 2.05) is 25.1 Å². The molecule has 0 aliphatic carbocycles. The van der Waals surface area contributed by atoms with E-state index in [4.69, 9.17) is 5.73 Å². The Bertz CT molecular complexity index is 996. The Labute approximate surface area is 168 Å². The summed E-state index contributed by atoms with van der Waals surface area (Å²) in [6, 6.07) is 10.4. The van der Waals surface area contributed by atoms with Crippen molar-refractivity contribution in [3.63, 3.8) is 0 Å². The van der Waals surface area contributed by atoms with Crippen molar-refractivity contribution in [3.8, 4) is 0 Å². The van der Waals surface area contributed by atoms with Crippen molar-refractivity contribution in [3.05, 3.63) is 53.3 Å². The van der Waals surface area contributed by atoms with Crippen LogP contribution in [0.5, 0.6) is 0 Å². The third-order valence-corrected chi connectivity index (χ3v) is 5.70. The monoisotopic (exact) mass is 394 g/mol. The average Bonchev–Trinajstić information content (AvgIpc) is 3.03. The lowest BCUT2D eigenvalue weighted by atomic mass is 9.95. The maximum atomic E-state index is 14.2. The molecule has 6 nitrogen and oxygen atoms in total. The summed E-state index contributed by atoms with van der Waals surface area (Å²) in [5.41, 5.74) is 9.11. The summed E-state index contributed by atoms with van der Waals surface area (Å²) in [6.45, 7) is 3.58. The van der Waals surface area contributed by atoms with Crippen LogP contribution in [0.25, 0.3) is 0 Å². The molecule has 29 heavy (non-hydrogen) atoms. The quantitative estimate of drug-likeness (QED) is 0.780. The van der Waals surface area contributed by atoms with E-state index in [1.165, 1.54) is 12.3 Å². The van der Waals surface area contributed by atoms with Crippen molar-refractivity contribution in [1.29, 1.82) is 0 Å². The predicted octanol–water partition coefficient (Wildman–Crippen LogP) is 3.27. The van der Waals surface area contributed by atoms with Crippen LogP contribution in [0.3, 0.4) is 0 Å². The highest BCUT2D eigenvalue weighted by atomic mass is 19.1. The number of aliphatic imine (C=N–C) groups is 1. The molecule has 2 amide bonds. The number of anilines is 2. The molecular formula is C22H23FN4O2. The Kier molecular flexibility index (Phi) is 5.05. The third kappa shape index (κ3) is 3.72. The van der Waals surface area contributed by atoms with E-state index < -0.39 is 11.7 Å². The number of amides is 2. The molecular weight excluding hydrogens is 371 g/mol. The molecule has 2 aliphatic heterocycles. The van der Waals surface area contributed by atoms with Gasteiger partial charge >= 0.3 is 0 Å². The van der Waals surface area contributed by atoms with Crippen LogP contribution in [0.1, 0.15) is 29.9 Å². The zero-order chi connectivity index (χ0) is 20.5. The first kappa shape index (κ1) is 19.1. The number of primary amides is 1. The van der Waals surface area contributed by atoms with Gasteiger partial charge in [0.15, 0.2) is 0 Å². The number of halogens is 1. The number of carbonyl (C=O) groups excluding carboxylic acids is 2. The van der Waals surface area contributed by atoms with Gasteiger partial charge in [0.2, 0.25) is 11.8 Å². The van der Waals surface area contributed by atoms with Crippen molar-refractivity contribution >= 4 is 35.1 Å². The van der Waals surface area contributed by atoms with E-state index in [9.17, 15) is 14.0 Å². The number of nitrogens with zero attached hydrogens (tertiary/aromatic N) is 2. The van der Waals surface area contributed by atoms with Gasteiger partial charge < -0.3 is 16.0 Å². The highest BCUT2D eigenvalue weighted by molar-refractivity contribution is 6.12. The van der Waals surface area contributed by atoms with Crippen LogP contribution >= 0.6 is 0 Å². The first-order valence-electron chi connectivity index (χ1n) is 9.72. The molecule has 4 rings (SSSR count). The molecule has 0 radical (unpaired) electrons. The van der Waals surface area contributed by atoms with Crippen LogP contribution in [0.4, 0.5) is 21.5 Å². The van der Waals surface area contributed by atoms with Gasteiger partial charge in [0.1, 0.15) is 11.7 Å². The number of aryl methyl sites for hydroxylation is 1. The second-order valence-electron chi connectivity index (χ2n) is 7.58. The molecule has 0 spiro atoms. The maximum Gasteiger partial charge on any atom is 0.237 e. The fourth-order valence-corrected chi connectivity index (χ4v) is 4.09. The Balaban J connectivity index is 1.50. The van der Waals surface area contributed by atoms with Crippen LogP contribution < -0.4 is 16.0 Å². The minimum Gasteiger partial charge on any atom is -0.371 e. The van der Waals surface area contributed by atoms with Crippen LogP contribution in [0, 0.1) is 18.7 Å². The van der Waals surface area contributed by atoms with Crippen molar-refractivity contribution in [2.24, 2.45) is 16.6 Å². The molecule has 0 saturated carbocycles. The lowest BCUT2D eigenvalue weighted by Crippen LogP contribution is -2.38. The van der Waals surface area contributed by atoms with Crippen LogP contribution in [0.2, 0.25) is 0 Å². The van der Waals surface area contributed by atoms with Gasteiger partial charge in [-0.15, -0.1) is 0 Å². The first-order chi connectivity index (χ1) is 13.9. The summed E-state index contributed by atoms with van der Waals surface area (Å²) in [5, 5.41) is 2.69. The highest BCUT2D eigenvalue weighted by Gasteiger charge is 2.32. The normalized spacial score (nSPS) is 19.4. The minimum absolute atomic E-state index is 0.0451. The molecule has 1 saturated heterocycles. The molecule has 2 aliphatic rings. The molecule has 1 unspecified atom stereocenters. The van der Waals surface area contributed by atoms with Gasteiger partial charge in [-0.1, -0.05) is 6.07 Å². The van der Waals surface area contributed by atoms with E-state index in [0.29, 0.717) is 16.9 Å². The van der Waals surface area contributed by atoms with Gasteiger partial charge in [-0.05, 0) is 55.7 Å². The second kappa shape index (κ2) is 7.66. The van der Waals surface area contributed by atoms with Crippen molar-refractivity contribution in [2.75, 3.05) is 23.3 Å². The smallest absolute Gasteiger partial charge is 0.237 e. The Morgan fingerprint density at radius 2 is 2.03 bits per heavy atom. The number of piperidine rings is 1. The molecule has 2 aromatic rings. The number of nitrogens with one attached hydrogen (secondary N) is 1. The Hall–Kier alpha value is -3.22. The largest absolute Gasteiger partial charge is 0.371 e. The number of benzene rings is 2. The van der Waals surface area contributed by atoms with Crippen LogP contribution in [0.15, 0.2) is 41.4 Å². The predicted molar refractivity (Wildman–Crippen MR) is 111 cm³/mol. The third-order valence-electron chi connectivity index (χ3n) is 5.70. The van der Waals surface area contributed by atoms with Crippen molar-refractivity contribution < 1.29 is 14.0 Å². The molecule has 0 aromatic heterocycles. The number of hydrogen-bond donors (Lipinski definition) is 2. The summed E-state index contributed by atoms with van der Waals surface area (Å²) in [5.74, 6) is -1.70. The van der Waals surface area contributed by atoms with Crippen LogP contribution in [-0.4, -0.2) is 31.1 Å². The Morgan fingerprint density at radius 1 is 1.28 bits per heavy atom. The minimum atomic E-state index is -0.737. The number of hydrogen-bond acceptors (Lipinski definition) is 4. The average molecular weight is 394 g/mol. The molecule has 2 heterocycles. The van der Waals surface area contributed by atoms with E-state index in [0.717, 1.165) is 37.2 Å². The molecule has 1 fully saturated rings. The van der Waals surface area contributed by atoms with Crippen LogP contribution in [-0.2, 0) is 9.59 Å². The molecule has 1 atom stereocenters. The number of carbonyl (C=O) groups is 2. The lowest BCUT2D eigenvalue weighted by molar-refractivity contribution is -0.122. The second-order valence-corrected chi connectivity index (χ2v) is 7.58. The summed E-state index contributed by atoms with van der Waals surface area (Å²) in [7, 11) is 0. The van der Waals surface area contributed by atoms with Gasteiger partial charge in [0.05, 0.1) is 5.69 Å². The number of rotatable bonds is 4. The van der Waals surface area contributed by atoms with Gasteiger partial charge in [-0.2, -0.15) is 0 Å². The van der Waals surface area contributed by atoms with Crippen molar-refractivity contribution in [1.82, 2.24) is 0 Å². The topological polar surface area (TPSA) is 87.8 Å². The summed E-state index contributed by atoms with van der Waals surface area (Å²) < 4.78 is 14.2. The highest BCUT2D eigenvalue weighted by Crippen LogP contribution is 2.34. The van der Waals surface area contributed by atoms with Crippen molar-refractivity contribution in [2.45, 2.75) is 25.7 Å². The van der Waals surface area contributed by atoms with Gasteiger partial charge in [-0.3, -0.25) is 14.6 Å². The van der Waals surface area contributed by atoms with E-state index in [1.54, 1.807) is 12.1 Å². The van der Waals surface area contributed by atoms with Gasteiger partial charge in [-0.25, -0.2) is 4.39 Å².